The van der Waals surface area contributed by atoms with Crippen molar-refractivity contribution in [2.24, 2.45) is 27.4 Å². The first-order valence-corrected chi connectivity index (χ1v) is 14.7. The predicted octanol–water partition coefficient (Wildman–Crippen LogP) is 3.36. The average molecular weight is 541 g/mol. The van der Waals surface area contributed by atoms with Gasteiger partial charge in [-0.05, 0) is 34.5 Å². The van der Waals surface area contributed by atoms with Crippen molar-refractivity contribution in [2.75, 3.05) is 65.4 Å². The van der Waals surface area contributed by atoms with Crippen LogP contribution in [0.1, 0.15) is 94.9 Å². The second-order valence-electron chi connectivity index (χ2n) is 15.0. The minimum atomic E-state index is 0.0678. The summed E-state index contributed by atoms with van der Waals surface area (Å²) >= 11 is 0. The third-order valence-corrected chi connectivity index (χ3v) is 6.26. The predicted molar refractivity (Wildman–Crippen MR) is 162 cm³/mol. The first-order chi connectivity index (χ1) is 17.3. The Labute approximate surface area is 235 Å². The maximum atomic E-state index is 12.6. The van der Waals surface area contributed by atoms with Gasteiger partial charge < -0.3 is 31.9 Å². The summed E-state index contributed by atoms with van der Waals surface area (Å²) in [5, 5.41) is 13.0. The summed E-state index contributed by atoms with van der Waals surface area (Å²) in [7, 11) is 0. The van der Waals surface area contributed by atoms with Gasteiger partial charge in [0.25, 0.3) is 0 Å². The molecule has 0 radical (unpaired) electrons. The zero-order valence-electron chi connectivity index (χ0n) is 26.7. The topological polar surface area (TPSA) is 112 Å². The summed E-state index contributed by atoms with van der Waals surface area (Å²) < 4.78 is 0. The minimum absolute atomic E-state index is 0.0678. The van der Waals surface area contributed by atoms with E-state index in [4.69, 9.17) is 5.73 Å². The molecule has 0 spiro atoms. The van der Waals surface area contributed by atoms with E-state index in [1.807, 2.05) is 0 Å². The standard InChI is InChI=1S/C30H64N6O2/c1-27(2,3)21-29(7,8)23-34-25(37)11-14-32-16-19-36(20-17-33-15-13-31)18-12-26(38)35-24-30(9,10)22-28(4,5)6/h32-33H,11-24,31H2,1-10H3,(H,34,37)(H,35,38). The van der Waals surface area contributed by atoms with Crippen LogP contribution in [-0.2, 0) is 9.59 Å². The third kappa shape index (κ3) is 22.7. The van der Waals surface area contributed by atoms with Crippen LogP contribution in [0.5, 0.6) is 0 Å². The molecule has 0 heterocycles. The number of nitrogens with one attached hydrogen (secondary N) is 4. The van der Waals surface area contributed by atoms with E-state index in [9.17, 15) is 9.59 Å². The first-order valence-electron chi connectivity index (χ1n) is 14.7. The lowest BCUT2D eigenvalue weighted by Crippen LogP contribution is -2.41. The molecule has 0 bridgehead atoms. The Morgan fingerprint density at radius 2 is 1.03 bits per heavy atom. The maximum absolute atomic E-state index is 12.6. The Hall–Kier alpha value is -1.22. The Morgan fingerprint density at radius 3 is 1.45 bits per heavy atom. The largest absolute Gasteiger partial charge is 0.356 e. The number of amides is 2. The molecule has 0 rings (SSSR count). The van der Waals surface area contributed by atoms with Gasteiger partial charge in [0, 0.05) is 78.3 Å². The molecule has 0 aliphatic heterocycles. The normalized spacial score (nSPS) is 13.2. The first kappa shape index (κ1) is 36.8. The van der Waals surface area contributed by atoms with Crippen LogP contribution < -0.4 is 27.0 Å². The van der Waals surface area contributed by atoms with Crippen molar-refractivity contribution >= 4 is 11.8 Å². The molecule has 0 aliphatic carbocycles. The average Bonchev–Trinajstić information content (AvgIpc) is 2.73. The second-order valence-corrected chi connectivity index (χ2v) is 15.0. The van der Waals surface area contributed by atoms with Crippen LogP contribution in [0.25, 0.3) is 0 Å². The Bertz CT molecular complexity index is 665. The maximum Gasteiger partial charge on any atom is 0.221 e. The van der Waals surface area contributed by atoms with E-state index in [-0.39, 0.29) is 33.5 Å². The highest BCUT2D eigenvalue weighted by Gasteiger charge is 2.27. The smallest absolute Gasteiger partial charge is 0.221 e. The summed E-state index contributed by atoms with van der Waals surface area (Å²) in [5.41, 5.74) is 6.21. The highest BCUT2D eigenvalue weighted by Crippen LogP contribution is 2.33. The van der Waals surface area contributed by atoms with E-state index >= 15 is 0 Å². The Morgan fingerprint density at radius 1 is 0.605 bits per heavy atom. The highest BCUT2D eigenvalue weighted by molar-refractivity contribution is 5.76. The number of carbonyl (C=O) groups is 2. The van der Waals surface area contributed by atoms with Crippen molar-refractivity contribution in [2.45, 2.75) is 94.9 Å². The fourth-order valence-corrected chi connectivity index (χ4v) is 5.47. The van der Waals surface area contributed by atoms with Gasteiger partial charge in [-0.15, -0.1) is 0 Å². The van der Waals surface area contributed by atoms with Gasteiger partial charge in [0.15, 0.2) is 0 Å². The zero-order valence-corrected chi connectivity index (χ0v) is 26.7. The lowest BCUT2D eigenvalue weighted by molar-refractivity contribution is -0.122. The third-order valence-electron chi connectivity index (χ3n) is 6.26. The van der Waals surface area contributed by atoms with Gasteiger partial charge in [-0.1, -0.05) is 69.2 Å². The number of rotatable bonds is 20. The van der Waals surface area contributed by atoms with Crippen molar-refractivity contribution in [1.82, 2.24) is 26.2 Å². The molecule has 38 heavy (non-hydrogen) atoms. The monoisotopic (exact) mass is 541 g/mol. The zero-order chi connectivity index (χ0) is 29.5. The fraction of sp³-hybridized carbons (Fsp3) is 0.933. The van der Waals surface area contributed by atoms with Crippen LogP contribution >= 0.6 is 0 Å². The van der Waals surface area contributed by atoms with Crippen LogP contribution in [-0.4, -0.2) is 82.2 Å². The molecule has 8 nitrogen and oxygen atoms in total. The molecule has 0 saturated carbocycles. The SMILES string of the molecule is CC(C)(C)CC(C)(C)CNC(=O)CCNCCN(CCNCCN)CCC(=O)NCC(C)(C)CC(C)(C)C. The number of hydrogen-bond donors (Lipinski definition) is 5. The van der Waals surface area contributed by atoms with Gasteiger partial charge >= 0.3 is 0 Å². The summed E-state index contributed by atoms with van der Waals surface area (Å²) in [6, 6.07) is 0. The molecule has 6 N–H and O–H groups in total. The van der Waals surface area contributed by atoms with E-state index in [2.05, 4.69) is 95.4 Å². The Balaban J connectivity index is 4.42. The molecule has 0 aromatic rings. The molecule has 2 amide bonds. The lowest BCUT2D eigenvalue weighted by atomic mass is 9.76. The summed E-state index contributed by atoms with van der Waals surface area (Å²) in [6.45, 7) is 29.7. The molecule has 0 aromatic carbocycles. The number of nitrogens with two attached hydrogens (primary N) is 1. The highest BCUT2D eigenvalue weighted by atomic mass is 16.2. The van der Waals surface area contributed by atoms with Crippen molar-refractivity contribution in [1.29, 1.82) is 0 Å². The van der Waals surface area contributed by atoms with E-state index in [1.165, 1.54) is 0 Å². The summed E-state index contributed by atoms with van der Waals surface area (Å²) in [4.78, 5) is 27.2. The minimum Gasteiger partial charge on any atom is -0.356 e. The van der Waals surface area contributed by atoms with Crippen molar-refractivity contribution < 1.29 is 9.59 Å². The molecule has 0 saturated heterocycles. The quantitative estimate of drug-likeness (QED) is 0.151. The van der Waals surface area contributed by atoms with Crippen molar-refractivity contribution in [3.63, 3.8) is 0 Å². The second kappa shape index (κ2) is 17.5. The molecular formula is C30H64N6O2. The molecule has 0 aromatic heterocycles. The van der Waals surface area contributed by atoms with Crippen LogP contribution in [0.3, 0.4) is 0 Å². The van der Waals surface area contributed by atoms with Crippen LogP contribution in [0.15, 0.2) is 0 Å². The van der Waals surface area contributed by atoms with Gasteiger partial charge in [-0.2, -0.15) is 0 Å². The fourth-order valence-electron chi connectivity index (χ4n) is 5.47. The van der Waals surface area contributed by atoms with Crippen LogP contribution in [0.2, 0.25) is 0 Å². The number of nitrogens with zero attached hydrogens (tertiary/aromatic N) is 1. The molecular weight excluding hydrogens is 476 g/mol. The molecule has 0 aliphatic rings. The van der Waals surface area contributed by atoms with Crippen molar-refractivity contribution in [3.8, 4) is 0 Å². The number of carbonyl (C=O) groups excluding carboxylic acids is 2. The van der Waals surface area contributed by atoms with Crippen LogP contribution in [0.4, 0.5) is 0 Å². The van der Waals surface area contributed by atoms with Gasteiger partial charge in [-0.25, -0.2) is 0 Å². The Kier molecular flexibility index (Phi) is 16.9. The van der Waals surface area contributed by atoms with Gasteiger partial charge in [-0.3, -0.25) is 9.59 Å². The summed E-state index contributed by atoms with van der Waals surface area (Å²) in [6.07, 6.45) is 3.06. The van der Waals surface area contributed by atoms with E-state index in [1.54, 1.807) is 0 Å². The molecule has 0 fully saturated rings. The van der Waals surface area contributed by atoms with Crippen molar-refractivity contribution in [3.05, 3.63) is 0 Å². The number of hydrogen-bond acceptors (Lipinski definition) is 6. The molecule has 0 unspecified atom stereocenters. The summed E-state index contributed by atoms with van der Waals surface area (Å²) in [5.74, 6) is 0.194. The van der Waals surface area contributed by atoms with Gasteiger partial charge in [0.05, 0.1) is 0 Å². The van der Waals surface area contributed by atoms with E-state index in [0.717, 1.165) is 45.6 Å². The molecule has 226 valence electrons. The van der Waals surface area contributed by atoms with Crippen LogP contribution in [0, 0.1) is 21.7 Å². The lowest BCUT2D eigenvalue weighted by Gasteiger charge is -2.32. The van der Waals surface area contributed by atoms with Gasteiger partial charge in [0.2, 0.25) is 11.8 Å². The van der Waals surface area contributed by atoms with E-state index in [0.29, 0.717) is 45.6 Å². The van der Waals surface area contributed by atoms with Gasteiger partial charge in [0.1, 0.15) is 0 Å². The van der Waals surface area contributed by atoms with E-state index < -0.39 is 0 Å². The molecule has 8 heteroatoms. The molecule has 0 atom stereocenters.